The van der Waals surface area contributed by atoms with E-state index in [-0.39, 0.29) is 22.9 Å². The van der Waals surface area contributed by atoms with Crippen LogP contribution in [0.2, 0.25) is 0 Å². The number of rotatable bonds is 5. The molecule has 1 aliphatic rings. The summed E-state index contributed by atoms with van der Waals surface area (Å²) in [5.74, 6) is -1.29. The molecule has 1 N–H and O–H groups in total. The maximum Gasteiger partial charge on any atom is 0.335 e. The lowest BCUT2D eigenvalue weighted by Gasteiger charge is -2.31. The van der Waals surface area contributed by atoms with E-state index in [1.807, 2.05) is 0 Å². The Morgan fingerprint density at radius 2 is 1.74 bits per heavy atom. The van der Waals surface area contributed by atoms with Crippen LogP contribution in [0.4, 0.5) is 0 Å². The SMILES string of the molecule is CN1C(=O)C(=Cc2cc(Br)c(OCc3ccc(C(=O)O)cc3)c(I)c2)C(=O)N(C)C1=S. The Morgan fingerprint density at radius 3 is 2.26 bits per heavy atom. The van der Waals surface area contributed by atoms with E-state index in [1.165, 1.54) is 42.1 Å². The third kappa shape index (κ3) is 4.96. The Morgan fingerprint density at radius 1 is 1.16 bits per heavy atom. The molecule has 0 atom stereocenters. The Kier molecular flexibility index (Phi) is 7.12. The molecule has 31 heavy (non-hydrogen) atoms. The molecule has 2 amide bonds. The summed E-state index contributed by atoms with van der Waals surface area (Å²) in [6.07, 6.45) is 1.53. The zero-order valence-electron chi connectivity index (χ0n) is 16.4. The molecule has 10 heteroatoms. The second kappa shape index (κ2) is 9.45. The first-order valence-corrected chi connectivity index (χ1v) is 11.1. The first kappa shape index (κ1) is 23.4. The second-order valence-corrected chi connectivity index (χ2v) is 9.06. The van der Waals surface area contributed by atoms with E-state index in [0.29, 0.717) is 15.8 Å². The van der Waals surface area contributed by atoms with Crippen LogP contribution < -0.4 is 4.74 Å². The molecule has 0 saturated carbocycles. The third-order valence-electron chi connectivity index (χ3n) is 4.56. The molecule has 1 saturated heterocycles. The molecule has 160 valence electrons. The van der Waals surface area contributed by atoms with Crippen LogP contribution in [0.15, 0.2) is 46.4 Å². The van der Waals surface area contributed by atoms with Crippen LogP contribution in [0.5, 0.6) is 5.75 Å². The van der Waals surface area contributed by atoms with Crippen LogP contribution in [0.1, 0.15) is 21.5 Å². The molecule has 0 aliphatic carbocycles. The van der Waals surface area contributed by atoms with Crippen molar-refractivity contribution >= 4 is 79.7 Å². The molecule has 2 aromatic carbocycles. The fraction of sp³-hybridized carbons (Fsp3) is 0.143. The number of carbonyl (C=O) groups is 3. The molecule has 0 unspecified atom stereocenters. The average Bonchev–Trinajstić information content (AvgIpc) is 2.73. The number of likely N-dealkylation sites (N-methyl/N-ethyl adjacent to an activating group) is 2. The molecule has 1 fully saturated rings. The van der Waals surface area contributed by atoms with Gasteiger partial charge in [0.2, 0.25) is 0 Å². The fourth-order valence-electron chi connectivity index (χ4n) is 2.84. The average molecular weight is 615 g/mol. The second-order valence-electron chi connectivity index (χ2n) is 6.67. The normalized spacial score (nSPS) is 14.2. The van der Waals surface area contributed by atoms with Gasteiger partial charge in [0.05, 0.1) is 13.6 Å². The van der Waals surface area contributed by atoms with Crippen LogP contribution in [-0.4, -0.2) is 51.9 Å². The molecule has 0 radical (unpaired) electrons. The minimum Gasteiger partial charge on any atom is -0.487 e. The number of hydrogen-bond donors (Lipinski definition) is 1. The van der Waals surface area contributed by atoms with Gasteiger partial charge in [-0.2, -0.15) is 0 Å². The number of carbonyl (C=O) groups excluding carboxylic acids is 2. The Balaban J connectivity index is 1.82. The lowest BCUT2D eigenvalue weighted by atomic mass is 10.1. The van der Waals surface area contributed by atoms with E-state index in [9.17, 15) is 14.4 Å². The highest BCUT2D eigenvalue weighted by Gasteiger charge is 2.35. The van der Waals surface area contributed by atoms with E-state index >= 15 is 0 Å². The minimum absolute atomic E-state index is 0.0217. The number of ether oxygens (including phenoxy) is 1. The van der Waals surface area contributed by atoms with Crippen molar-refractivity contribution in [2.24, 2.45) is 0 Å². The summed E-state index contributed by atoms with van der Waals surface area (Å²) in [7, 11) is 3.06. The van der Waals surface area contributed by atoms with E-state index in [1.54, 1.807) is 24.3 Å². The van der Waals surface area contributed by atoms with Crippen LogP contribution >= 0.6 is 50.7 Å². The molecule has 0 bridgehead atoms. The largest absolute Gasteiger partial charge is 0.487 e. The van der Waals surface area contributed by atoms with Gasteiger partial charge in [0.15, 0.2) is 5.11 Å². The molecular weight excluding hydrogens is 599 g/mol. The number of nitrogens with zero attached hydrogens (tertiary/aromatic N) is 2. The minimum atomic E-state index is -0.983. The monoisotopic (exact) mass is 614 g/mol. The van der Waals surface area contributed by atoms with Gasteiger partial charge in [-0.05, 0) is 92.2 Å². The quantitative estimate of drug-likeness (QED) is 0.238. The van der Waals surface area contributed by atoms with Crippen LogP contribution in [0.3, 0.4) is 0 Å². The van der Waals surface area contributed by atoms with Gasteiger partial charge in [-0.1, -0.05) is 12.1 Å². The van der Waals surface area contributed by atoms with Gasteiger partial charge in [-0.3, -0.25) is 19.4 Å². The van der Waals surface area contributed by atoms with Gasteiger partial charge in [-0.15, -0.1) is 0 Å². The number of amides is 2. The fourth-order valence-corrected chi connectivity index (χ4v) is 4.78. The highest BCUT2D eigenvalue weighted by Crippen LogP contribution is 2.33. The molecule has 7 nitrogen and oxygen atoms in total. The summed E-state index contributed by atoms with van der Waals surface area (Å²) in [5, 5.41) is 9.13. The van der Waals surface area contributed by atoms with Gasteiger partial charge < -0.3 is 9.84 Å². The summed E-state index contributed by atoms with van der Waals surface area (Å²) in [5.41, 5.74) is 1.70. The van der Waals surface area contributed by atoms with Crippen molar-refractivity contribution in [3.05, 3.63) is 66.7 Å². The first-order valence-electron chi connectivity index (χ1n) is 8.86. The molecule has 0 spiro atoms. The summed E-state index contributed by atoms with van der Waals surface area (Å²) < 4.78 is 7.33. The number of thiocarbonyl (C=S) groups is 1. The number of benzene rings is 2. The molecule has 1 aliphatic heterocycles. The molecule has 0 aromatic heterocycles. The van der Waals surface area contributed by atoms with Crippen molar-refractivity contribution in [2.45, 2.75) is 6.61 Å². The van der Waals surface area contributed by atoms with Crippen molar-refractivity contribution in [1.29, 1.82) is 0 Å². The predicted octanol–water partition coefficient (Wildman–Crippen LogP) is 3.93. The van der Waals surface area contributed by atoms with Crippen LogP contribution in [0.25, 0.3) is 6.08 Å². The molecule has 1 heterocycles. The smallest absolute Gasteiger partial charge is 0.335 e. The number of halogens is 2. The zero-order chi connectivity index (χ0) is 22.9. The Hall–Kier alpha value is -2.31. The van der Waals surface area contributed by atoms with Crippen LogP contribution in [-0.2, 0) is 16.2 Å². The molecule has 3 rings (SSSR count). The van der Waals surface area contributed by atoms with Crippen LogP contribution in [0, 0.1) is 3.57 Å². The van der Waals surface area contributed by atoms with Gasteiger partial charge in [-0.25, -0.2) is 4.79 Å². The Labute approximate surface area is 205 Å². The number of aromatic carboxylic acids is 1. The maximum absolute atomic E-state index is 12.5. The van der Waals surface area contributed by atoms with Gasteiger partial charge >= 0.3 is 5.97 Å². The van der Waals surface area contributed by atoms with E-state index in [2.05, 4.69) is 38.5 Å². The van der Waals surface area contributed by atoms with Crippen molar-refractivity contribution in [2.75, 3.05) is 14.1 Å². The van der Waals surface area contributed by atoms with Crippen molar-refractivity contribution in [3.8, 4) is 5.75 Å². The standard InChI is InChI=1S/C21H16BrIN2O5S/c1-24-18(26)14(19(27)25(2)21(24)31)7-12-8-15(22)17(16(23)9-12)30-10-11-3-5-13(6-4-11)20(28)29/h3-9H,10H2,1-2H3,(H,28,29). The number of carboxylic acid groups (broad SMARTS) is 1. The highest BCUT2D eigenvalue weighted by atomic mass is 127. The molecule has 2 aromatic rings. The van der Waals surface area contributed by atoms with E-state index in [0.717, 1.165) is 9.13 Å². The summed E-state index contributed by atoms with van der Waals surface area (Å²) in [6, 6.07) is 9.99. The number of carboxylic acids is 1. The highest BCUT2D eigenvalue weighted by molar-refractivity contribution is 14.1. The zero-order valence-corrected chi connectivity index (χ0v) is 20.9. The number of hydrogen-bond acceptors (Lipinski definition) is 5. The summed E-state index contributed by atoms with van der Waals surface area (Å²) >= 11 is 10.7. The Bertz CT molecular complexity index is 1080. The van der Waals surface area contributed by atoms with E-state index < -0.39 is 17.8 Å². The first-order chi connectivity index (χ1) is 14.6. The van der Waals surface area contributed by atoms with E-state index in [4.69, 9.17) is 22.1 Å². The molecular formula is C21H16BrIN2O5S. The van der Waals surface area contributed by atoms with Crippen molar-refractivity contribution < 1.29 is 24.2 Å². The maximum atomic E-state index is 12.5. The van der Waals surface area contributed by atoms with Crippen molar-refractivity contribution in [3.63, 3.8) is 0 Å². The van der Waals surface area contributed by atoms with Crippen molar-refractivity contribution in [1.82, 2.24) is 9.80 Å². The lowest BCUT2D eigenvalue weighted by molar-refractivity contribution is -0.132. The lowest BCUT2D eigenvalue weighted by Crippen LogP contribution is -2.52. The van der Waals surface area contributed by atoms with Gasteiger partial charge in [0.25, 0.3) is 11.8 Å². The predicted molar refractivity (Wildman–Crippen MR) is 131 cm³/mol. The topological polar surface area (TPSA) is 87.1 Å². The third-order valence-corrected chi connectivity index (χ3v) is 6.50. The van der Waals surface area contributed by atoms with Gasteiger partial charge in [0.1, 0.15) is 17.9 Å². The summed E-state index contributed by atoms with van der Waals surface area (Å²) in [4.78, 5) is 38.5. The summed E-state index contributed by atoms with van der Waals surface area (Å²) in [6.45, 7) is 0.249. The van der Waals surface area contributed by atoms with Gasteiger partial charge in [0, 0.05) is 14.1 Å².